The van der Waals surface area contributed by atoms with Gasteiger partial charge in [-0.1, -0.05) is 0 Å². The average Bonchev–Trinajstić information content (AvgIpc) is 1.58. The molecule has 0 amide bonds. The first-order chi connectivity index (χ1) is 4.52. The van der Waals surface area contributed by atoms with Crippen LogP contribution in [0.2, 0.25) is 0 Å². The van der Waals surface area contributed by atoms with E-state index >= 15 is 0 Å². The molecule has 0 rings (SSSR count). The normalized spacial score (nSPS) is 10.9. The van der Waals surface area contributed by atoms with E-state index < -0.39 is 8.60 Å². The number of halogens is 1. The zero-order valence-electron chi connectivity index (χ0n) is 7.27. The van der Waals surface area contributed by atoms with Crippen molar-refractivity contribution in [3.8, 4) is 0 Å². The predicted molar refractivity (Wildman–Crippen MR) is 48.8 cm³/mol. The summed E-state index contributed by atoms with van der Waals surface area (Å²) in [6.45, 7) is 7.43. The zero-order valence-corrected chi connectivity index (χ0v) is 8.98. The van der Waals surface area contributed by atoms with Crippen molar-refractivity contribution < 1.29 is 13.9 Å². The quantitative estimate of drug-likeness (QED) is 0.712. The van der Waals surface area contributed by atoms with Crippen LogP contribution in [0.1, 0.15) is 27.7 Å². The average molecular weight is 203 g/mol. The van der Waals surface area contributed by atoms with E-state index in [0.717, 1.165) is 0 Å². The van der Waals surface area contributed by atoms with Gasteiger partial charge in [-0.3, -0.25) is 0 Å². The molecule has 0 aliphatic rings. The van der Waals surface area contributed by atoms with Crippen molar-refractivity contribution in [3.63, 3.8) is 0 Å². The largest absolute Gasteiger partial charge is 0.330 e. The van der Waals surface area contributed by atoms with Crippen LogP contribution in [0.4, 0.5) is 0 Å². The molecule has 0 bridgehead atoms. The van der Waals surface area contributed by atoms with Gasteiger partial charge in [-0.05, 0) is 27.7 Å². The molecule has 0 heterocycles. The van der Waals surface area contributed by atoms with Gasteiger partial charge >= 0.3 is 8.60 Å². The Morgan fingerprint density at radius 1 is 1.00 bits per heavy atom. The number of hydrogen-bond acceptors (Lipinski definition) is 3. The number of rotatable bonds is 4. The topological polar surface area (TPSA) is 38.7 Å². The second-order valence-corrected chi connectivity index (χ2v) is 3.44. The lowest BCUT2D eigenvalue weighted by Gasteiger charge is -2.14. The summed E-state index contributed by atoms with van der Waals surface area (Å²) in [6.07, 6.45) is 0.0460. The van der Waals surface area contributed by atoms with E-state index in [9.17, 15) is 0 Å². The van der Waals surface area contributed by atoms with Crippen molar-refractivity contribution >= 4 is 21.0 Å². The Balaban J connectivity index is 0. The fraction of sp³-hybridized carbons (Fsp3) is 1.00. The van der Waals surface area contributed by atoms with Gasteiger partial charge in [0, 0.05) is 0 Å². The minimum atomic E-state index is -1.66. The third kappa shape index (κ3) is 10.6. The molecule has 0 aliphatic carbocycles. The molecule has 1 N–H and O–H groups in total. The molecule has 0 radical (unpaired) electrons. The van der Waals surface area contributed by atoms with Crippen molar-refractivity contribution in [1.82, 2.24) is 0 Å². The summed E-state index contributed by atoms with van der Waals surface area (Å²) in [5.74, 6) is 0. The molecule has 0 unspecified atom stereocenters. The molecule has 70 valence electrons. The maximum absolute atomic E-state index is 9.01. The first kappa shape index (κ1) is 14.1. The lowest BCUT2D eigenvalue weighted by Crippen LogP contribution is -2.03. The van der Waals surface area contributed by atoms with Gasteiger partial charge in [-0.2, -0.15) is 0 Å². The summed E-state index contributed by atoms with van der Waals surface area (Å²) in [5, 5.41) is 0. The fourth-order valence-electron chi connectivity index (χ4n) is 0.386. The van der Waals surface area contributed by atoms with Crippen molar-refractivity contribution in [2.75, 3.05) is 0 Å². The smallest absolute Gasteiger partial charge is 0.328 e. The Morgan fingerprint density at radius 3 is 1.45 bits per heavy atom. The molecule has 0 aliphatic heterocycles. The van der Waals surface area contributed by atoms with Crippen LogP contribution in [0.5, 0.6) is 0 Å². The van der Waals surface area contributed by atoms with Gasteiger partial charge in [0.25, 0.3) is 0 Å². The Labute approximate surface area is 75.5 Å². The number of hydrogen-bond donors (Lipinski definition) is 1. The van der Waals surface area contributed by atoms with E-state index in [1.54, 1.807) is 0 Å². The first-order valence-electron chi connectivity index (χ1n) is 3.35. The lowest BCUT2D eigenvalue weighted by atomic mass is 10.5. The highest BCUT2D eigenvalue weighted by atomic mass is 35.5. The minimum Gasteiger partial charge on any atom is -0.328 e. The highest BCUT2D eigenvalue weighted by Crippen LogP contribution is 2.35. The fourth-order valence-corrected chi connectivity index (χ4v) is 1.16. The van der Waals surface area contributed by atoms with Gasteiger partial charge in [0.2, 0.25) is 0 Å². The van der Waals surface area contributed by atoms with E-state index in [-0.39, 0.29) is 24.6 Å². The van der Waals surface area contributed by atoms with Crippen LogP contribution >= 0.6 is 21.0 Å². The van der Waals surface area contributed by atoms with Crippen molar-refractivity contribution in [2.24, 2.45) is 0 Å². The van der Waals surface area contributed by atoms with E-state index in [2.05, 4.69) is 0 Å². The summed E-state index contributed by atoms with van der Waals surface area (Å²) in [4.78, 5) is 9.01. The summed E-state index contributed by atoms with van der Waals surface area (Å²) in [7, 11) is -1.66. The van der Waals surface area contributed by atoms with E-state index in [4.69, 9.17) is 13.9 Å². The van der Waals surface area contributed by atoms with Gasteiger partial charge in [-0.15, -0.1) is 12.4 Å². The first-order valence-corrected chi connectivity index (χ1v) is 4.48. The third-order valence-electron chi connectivity index (χ3n) is 0.602. The third-order valence-corrected chi connectivity index (χ3v) is 1.81. The van der Waals surface area contributed by atoms with Gasteiger partial charge in [0.05, 0.1) is 12.2 Å². The monoisotopic (exact) mass is 202 g/mol. The molecular weight excluding hydrogens is 186 g/mol. The van der Waals surface area contributed by atoms with E-state index in [1.807, 2.05) is 27.7 Å². The van der Waals surface area contributed by atoms with Crippen LogP contribution in [-0.4, -0.2) is 17.1 Å². The summed E-state index contributed by atoms with van der Waals surface area (Å²) < 4.78 is 9.92. The van der Waals surface area contributed by atoms with Crippen molar-refractivity contribution in [3.05, 3.63) is 0 Å². The molecule has 5 heteroatoms. The molecule has 0 saturated carbocycles. The molecule has 0 aromatic carbocycles. The highest BCUT2D eigenvalue weighted by molar-refractivity contribution is 7.40. The molecule has 0 aromatic rings. The Morgan fingerprint density at radius 2 is 1.27 bits per heavy atom. The molecule has 11 heavy (non-hydrogen) atoms. The van der Waals surface area contributed by atoms with Gasteiger partial charge in [0.1, 0.15) is 0 Å². The predicted octanol–water partition coefficient (Wildman–Crippen LogP) is 2.48. The summed E-state index contributed by atoms with van der Waals surface area (Å²) in [5.41, 5.74) is 0. The van der Waals surface area contributed by atoms with Crippen LogP contribution < -0.4 is 0 Å². The molecule has 0 aromatic heterocycles. The molecule has 0 atom stereocenters. The zero-order chi connectivity index (χ0) is 8.15. The maximum atomic E-state index is 9.01. The molecule has 0 saturated heterocycles. The maximum Gasteiger partial charge on any atom is 0.330 e. The molecule has 0 spiro atoms. The molecule has 3 nitrogen and oxygen atoms in total. The minimum absolute atomic E-state index is 0. The summed E-state index contributed by atoms with van der Waals surface area (Å²) >= 11 is 0. The van der Waals surface area contributed by atoms with Crippen LogP contribution in [0, 0.1) is 0 Å². The summed E-state index contributed by atoms with van der Waals surface area (Å²) in [6, 6.07) is 0. The van der Waals surface area contributed by atoms with Crippen molar-refractivity contribution in [1.29, 1.82) is 0 Å². The second kappa shape index (κ2) is 7.26. The van der Waals surface area contributed by atoms with Crippen LogP contribution in [-0.2, 0) is 9.05 Å². The van der Waals surface area contributed by atoms with Crippen LogP contribution in [0.15, 0.2) is 0 Å². The second-order valence-electron chi connectivity index (χ2n) is 2.55. The standard InChI is InChI=1S/C6H15O3P.ClH/c1-5(2)8-10(7)9-6(3)4;/h5-7H,1-4H3;1H. The van der Waals surface area contributed by atoms with Crippen molar-refractivity contribution in [2.45, 2.75) is 39.9 Å². The highest BCUT2D eigenvalue weighted by Gasteiger charge is 2.10. The van der Waals surface area contributed by atoms with Gasteiger partial charge < -0.3 is 13.9 Å². The Hall–Kier alpha value is 0.600. The Bertz CT molecular complexity index is 79.9. The van der Waals surface area contributed by atoms with Gasteiger partial charge in [0.15, 0.2) is 0 Å². The van der Waals surface area contributed by atoms with Crippen LogP contribution in [0.25, 0.3) is 0 Å². The molecular formula is C6H16ClO3P. The van der Waals surface area contributed by atoms with Gasteiger partial charge in [-0.25, -0.2) is 0 Å². The van der Waals surface area contributed by atoms with E-state index in [0.29, 0.717) is 0 Å². The SMILES string of the molecule is CC(C)OP(O)OC(C)C.Cl. The van der Waals surface area contributed by atoms with Crippen LogP contribution in [0.3, 0.4) is 0 Å². The Kier molecular flexibility index (Phi) is 9.33. The molecule has 0 fully saturated rings. The lowest BCUT2D eigenvalue weighted by molar-refractivity contribution is 0.139. The van der Waals surface area contributed by atoms with E-state index in [1.165, 1.54) is 0 Å².